The minimum absolute atomic E-state index is 0.0200. The van der Waals surface area contributed by atoms with Gasteiger partial charge in [-0.15, -0.1) is 0 Å². The maximum absolute atomic E-state index is 11.3. The summed E-state index contributed by atoms with van der Waals surface area (Å²) >= 11 is 0. The molecule has 0 unspecified atom stereocenters. The summed E-state index contributed by atoms with van der Waals surface area (Å²) in [5.74, 6) is 3.46. The van der Waals surface area contributed by atoms with E-state index in [1.54, 1.807) is 0 Å². The zero-order chi connectivity index (χ0) is 15.0. The van der Waals surface area contributed by atoms with Crippen molar-refractivity contribution >= 4 is 10.0 Å². The molecule has 0 amide bonds. The van der Waals surface area contributed by atoms with E-state index >= 15 is 0 Å². The molecule has 6 heteroatoms. The van der Waals surface area contributed by atoms with Gasteiger partial charge in [0.05, 0.1) is 12.8 Å². The minimum Gasteiger partial charge on any atom is -0.464 e. The Morgan fingerprint density at radius 3 is 2.86 bits per heavy atom. The molecule has 1 aliphatic heterocycles. The normalized spacial score (nSPS) is 30.5. The Morgan fingerprint density at radius 1 is 1.43 bits per heavy atom. The van der Waals surface area contributed by atoms with Crippen LogP contribution in [-0.4, -0.2) is 38.7 Å². The van der Waals surface area contributed by atoms with Gasteiger partial charge in [-0.3, -0.25) is 4.90 Å². The Bertz CT molecular complexity index is 596. The van der Waals surface area contributed by atoms with Crippen LogP contribution in [0.15, 0.2) is 16.5 Å². The summed E-state index contributed by atoms with van der Waals surface area (Å²) < 4.78 is 31.3. The summed E-state index contributed by atoms with van der Waals surface area (Å²) in [6.45, 7) is 4.77. The number of piperidine rings is 1. The highest BCUT2D eigenvalue weighted by Gasteiger charge is 2.36. The molecule has 1 saturated carbocycles. The van der Waals surface area contributed by atoms with Crippen molar-refractivity contribution in [1.29, 1.82) is 0 Å². The summed E-state index contributed by atoms with van der Waals surface area (Å²) in [4.78, 5) is 2.27. The van der Waals surface area contributed by atoms with E-state index < -0.39 is 10.0 Å². The second kappa shape index (κ2) is 5.74. The molecule has 1 aromatic rings. The fourth-order valence-corrected chi connectivity index (χ4v) is 4.01. The molecule has 118 valence electrons. The Labute approximate surface area is 126 Å². The molecule has 1 aromatic heterocycles. The van der Waals surface area contributed by atoms with E-state index in [1.165, 1.54) is 12.7 Å². The molecular formula is C15H24N2O3S. The molecule has 1 aliphatic carbocycles. The molecule has 1 N–H and O–H groups in total. The molecule has 0 spiro atoms. The SMILES string of the molecule is C[C@@H]1C[C@H]1c1ccc(CN2CCC[C@@H](NS(C)(=O)=O)C2)o1. The molecule has 2 aliphatic rings. The fraction of sp³-hybridized carbons (Fsp3) is 0.733. The molecule has 21 heavy (non-hydrogen) atoms. The first-order valence-electron chi connectivity index (χ1n) is 7.69. The number of rotatable bonds is 5. The Morgan fingerprint density at radius 2 is 2.19 bits per heavy atom. The van der Waals surface area contributed by atoms with Crippen LogP contribution in [-0.2, 0) is 16.6 Å². The molecule has 2 heterocycles. The van der Waals surface area contributed by atoms with Crippen LogP contribution in [0, 0.1) is 5.92 Å². The summed E-state index contributed by atoms with van der Waals surface area (Å²) in [7, 11) is -3.13. The third-order valence-electron chi connectivity index (χ3n) is 4.42. The average molecular weight is 312 g/mol. The predicted molar refractivity (Wildman–Crippen MR) is 81.5 cm³/mol. The van der Waals surface area contributed by atoms with Crippen LogP contribution in [0.1, 0.15) is 43.6 Å². The van der Waals surface area contributed by atoms with Crippen molar-refractivity contribution in [2.24, 2.45) is 5.92 Å². The highest BCUT2D eigenvalue weighted by molar-refractivity contribution is 7.88. The number of hydrogen-bond acceptors (Lipinski definition) is 4. The van der Waals surface area contributed by atoms with Gasteiger partial charge >= 0.3 is 0 Å². The number of nitrogens with zero attached hydrogens (tertiary/aromatic N) is 1. The monoisotopic (exact) mass is 312 g/mol. The minimum atomic E-state index is -3.13. The maximum atomic E-state index is 11.3. The Kier molecular flexibility index (Phi) is 4.12. The molecule has 1 saturated heterocycles. The van der Waals surface area contributed by atoms with E-state index in [9.17, 15) is 8.42 Å². The largest absolute Gasteiger partial charge is 0.464 e. The first-order chi connectivity index (χ1) is 9.90. The van der Waals surface area contributed by atoms with E-state index in [2.05, 4.69) is 28.7 Å². The second-order valence-electron chi connectivity index (χ2n) is 6.59. The van der Waals surface area contributed by atoms with Gasteiger partial charge in [0.2, 0.25) is 10.0 Å². The lowest BCUT2D eigenvalue weighted by Gasteiger charge is -2.32. The van der Waals surface area contributed by atoms with Crippen molar-refractivity contribution in [2.45, 2.75) is 44.7 Å². The summed E-state index contributed by atoms with van der Waals surface area (Å²) in [5.41, 5.74) is 0. The van der Waals surface area contributed by atoms with Crippen molar-refractivity contribution in [1.82, 2.24) is 9.62 Å². The Hall–Kier alpha value is -0.850. The van der Waals surface area contributed by atoms with Crippen LogP contribution >= 0.6 is 0 Å². The van der Waals surface area contributed by atoms with E-state index in [1.807, 2.05) is 0 Å². The summed E-state index contributed by atoms with van der Waals surface area (Å²) in [6.07, 6.45) is 4.38. The number of furan rings is 1. The molecular weight excluding hydrogens is 288 g/mol. The maximum Gasteiger partial charge on any atom is 0.208 e. The lowest BCUT2D eigenvalue weighted by Crippen LogP contribution is -2.46. The molecule has 5 nitrogen and oxygen atoms in total. The van der Waals surface area contributed by atoms with Crippen LogP contribution in [0.2, 0.25) is 0 Å². The molecule has 0 bridgehead atoms. The third-order valence-corrected chi connectivity index (χ3v) is 5.18. The van der Waals surface area contributed by atoms with E-state index in [0.717, 1.165) is 49.9 Å². The zero-order valence-corrected chi connectivity index (χ0v) is 13.5. The number of nitrogens with one attached hydrogen (secondary N) is 1. The van der Waals surface area contributed by atoms with Crippen molar-refractivity contribution in [3.8, 4) is 0 Å². The molecule has 3 rings (SSSR count). The standard InChI is InChI=1S/C15H24N2O3S/c1-11-8-14(11)15-6-5-13(20-15)10-17-7-3-4-12(9-17)16-21(2,18)19/h5-6,11-12,14,16H,3-4,7-10H2,1-2H3/t11-,12-,14-/m1/s1. The van der Waals surface area contributed by atoms with Crippen LogP contribution in [0.25, 0.3) is 0 Å². The topological polar surface area (TPSA) is 62.6 Å². The van der Waals surface area contributed by atoms with Gasteiger partial charge in [-0.25, -0.2) is 13.1 Å². The van der Waals surface area contributed by atoms with E-state index in [0.29, 0.717) is 5.92 Å². The zero-order valence-electron chi connectivity index (χ0n) is 12.7. The van der Waals surface area contributed by atoms with Crippen molar-refractivity contribution in [2.75, 3.05) is 19.3 Å². The van der Waals surface area contributed by atoms with Crippen molar-refractivity contribution < 1.29 is 12.8 Å². The van der Waals surface area contributed by atoms with Crippen LogP contribution in [0.3, 0.4) is 0 Å². The molecule has 3 atom stereocenters. The lowest BCUT2D eigenvalue weighted by molar-refractivity contribution is 0.181. The first kappa shape index (κ1) is 15.1. The average Bonchev–Trinajstić information content (AvgIpc) is 2.93. The highest BCUT2D eigenvalue weighted by atomic mass is 32.2. The van der Waals surface area contributed by atoms with E-state index in [-0.39, 0.29) is 6.04 Å². The quantitative estimate of drug-likeness (QED) is 0.902. The van der Waals surface area contributed by atoms with Gasteiger partial charge < -0.3 is 4.42 Å². The highest BCUT2D eigenvalue weighted by Crippen LogP contribution is 2.47. The first-order valence-corrected chi connectivity index (χ1v) is 9.58. The van der Waals surface area contributed by atoms with Gasteiger partial charge in [0.25, 0.3) is 0 Å². The van der Waals surface area contributed by atoms with Crippen molar-refractivity contribution in [3.63, 3.8) is 0 Å². The van der Waals surface area contributed by atoms with Gasteiger partial charge in [-0.05, 0) is 43.9 Å². The van der Waals surface area contributed by atoms with Crippen molar-refractivity contribution in [3.05, 3.63) is 23.7 Å². The molecule has 0 aromatic carbocycles. The fourth-order valence-electron chi connectivity index (χ4n) is 3.22. The van der Waals surface area contributed by atoms with Gasteiger partial charge in [-0.2, -0.15) is 0 Å². The lowest BCUT2D eigenvalue weighted by atomic mass is 10.1. The smallest absolute Gasteiger partial charge is 0.208 e. The van der Waals surface area contributed by atoms with Crippen LogP contribution in [0.5, 0.6) is 0 Å². The third kappa shape index (κ3) is 4.08. The molecule has 0 radical (unpaired) electrons. The number of hydrogen-bond donors (Lipinski definition) is 1. The summed E-state index contributed by atoms with van der Waals surface area (Å²) in [6, 6.07) is 4.18. The second-order valence-corrected chi connectivity index (χ2v) is 8.37. The van der Waals surface area contributed by atoms with Gasteiger partial charge in [0, 0.05) is 18.5 Å². The Balaban J connectivity index is 1.56. The van der Waals surface area contributed by atoms with Gasteiger partial charge in [0.1, 0.15) is 11.5 Å². The van der Waals surface area contributed by atoms with Gasteiger partial charge in [0.15, 0.2) is 0 Å². The summed E-state index contributed by atoms with van der Waals surface area (Å²) in [5, 5.41) is 0. The van der Waals surface area contributed by atoms with E-state index in [4.69, 9.17) is 4.42 Å². The molecule has 2 fully saturated rings. The van der Waals surface area contributed by atoms with Gasteiger partial charge in [-0.1, -0.05) is 6.92 Å². The van der Waals surface area contributed by atoms with Crippen LogP contribution in [0.4, 0.5) is 0 Å². The predicted octanol–water partition coefficient (Wildman–Crippen LogP) is 1.92. The van der Waals surface area contributed by atoms with Crippen LogP contribution < -0.4 is 4.72 Å². The number of sulfonamides is 1. The number of likely N-dealkylation sites (tertiary alicyclic amines) is 1.